The van der Waals surface area contributed by atoms with E-state index in [0.717, 1.165) is 37.8 Å². The lowest BCUT2D eigenvalue weighted by atomic mass is 10.1. The van der Waals surface area contributed by atoms with E-state index in [9.17, 15) is 4.79 Å². The second kappa shape index (κ2) is 26.2. The second-order valence-corrected chi connectivity index (χ2v) is 10.9. The maximum Gasteiger partial charge on any atom is 0.335 e. The number of allylic oxidation sites excluding steroid dienone is 4. The number of aromatic carboxylic acids is 1. The highest BCUT2D eigenvalue weighted by molar-refractivity contribution is 5.87. The molecule has 0 aliphatic heterocycles. The Morgan fingerprint density at radius 1 is 0.692 bits per heavy atom. The topological polar surface area (TPSA) is 58.6 Å². The first kappa shape index (κ1) is 35.0. The van der Waals surface area contributed by atoms with Gasteiger partial charge in [0.15, 0.2) is 0 Å². The first-order valence-electron chi connectivity index (χ1n) is 16.2. The van der Waals surface area contributed by atoms with E-state index in [1.165, 1.54) is 96.3 Å². The van der Waals surface area contributed by atoms with E-state index in [0.29, 0.717) is 12.2 Å². The molecule has 0 radical (unpaired) electrons. The Labute approximate surface area is 240 Å². The molecular formula is C35H59NO3. The average Bonchev–Trinajstić information content (AvgIpc) is 2.94. The Morgan fingerprint density at radius 3 is 1.67 bits per heavy atom. The minimum atomic E-state index is -0.902. The number of anilines is 1. The Bertz CT molecular complexity index is 741. The Balaban J connectivity index is 2.30. The highest BCUT2D eigenvalue weighted by atomic mass is 16.5. The van der Waals surface area contributed by atoms with Crippen LogP contribution < -0.4 is 5.32 Å². The predicted molar refractivity (Wildman–Crippen MR) is 169 cm³/mol. The van der Waals surface area contributed by atoms with Gasteiger partial charge in [0, 0.05) is 12.3 Å². The van der Waals surface area contributed by atoms with E-state index in [2.05, 4.69) is 43.5 Å². The summed E-state index contributed by atoms with van der Waals surface area (Å²) in [7, 11) is 0. The fourth-order valence-corrected chi connectivity index (χ4v) is 4.68. The molecule has 1 atom stereocenters. The first-order valence-corrected chi connectivity index (χ1v) is 16.2. The highest BCUT2D eigenvalue weighted by Crippen LogP contribution is 2.15. The van der Waals surface area contributed by atoms with E-state index in [-0.39, 0.29) is 6.23 Å². The Kier molecular flexibility index (Phi) is 23.5. The van der Waals surface area contributed by atoms with Crippen LogP contribution in [0.1, 0.15) is 153 Å². The average molecular weight is 542 g/mol. The fraction of sp³-hybridized carbons (Fsp3) is 0.686. The van der Waals surface area contributed by atoms with Crippen molar-refractivity contribution in [1.29, 1.82) is 0 Å². The van der Waals surface area contributed by atoms with Crippen molar-refractivity contribution in [2.75, 3.05) is 11.9 Å². The van der Waals surface area contributed by atoms with Crippen LogP contribution in [0.4, 0.5) is 5.69 Å². The zero-order chi connectivity index (χ0) is 28.2. The number of hydrogen-bond donors (Lipinski definition) is 2. The molecule has 2 N–H and O–H groups in total. The molecule has 39 heavy (non-hydrogen) atoms. The zero-order valence-electron chi connectivity index (χ0n) is 25.3. The van der Waals surface area contributed by atoms with Gasteiger partial charge in [-0.25, -0.2) is 4.79 Å². The molecule has 1 aromatic carbocycles. The third-order valence-corrected chi connectivity index (χ3v) is 7.17. The van der Waals surface area contributed by atoms with Gasteiger partial charge >= 0.3 is 5.97 Å². The quantitative estimate of drug-likeness (QED) is 0.0660. The van der Waals surface area contributed by atoms with Crippen molar-refractivity contribution in [2.45, 2.75) is 148 Å². The van der Waals surface area contributed by atoms with Gasteiger partial charge in [0.05, 0.1) is 5.56 Å². The van der Waals surface area contributed by atoms with Crippen LogP contribution in [-0.4, -0.2) is 23.9 Å². The molecule has 0 saturated heterocycles. The van der Waals surface area contributed by atoms with Gasteiger partial charge in [-0.3, -0.25) is 0 Å². The van der Waals surface area contributed by atoms with Gasteiger partial charge in [-0.1, -0.05) is 115 Å². The molecule has 0 aromatic heterocycles. The summed E-state index contributed by atoms with van der Waals surface area (Å²) < 4.78 is 6.21. The van der Waals surface area contributed by atoms with Crippen LogP contribution in [0.2, 0.25) is 0 Å². The van der Waals surface area contributed by atoms with E-state index in [1.807, 2.05) is 12.1 Å². The molecule has 1 unspecified atom stereocenters. The van der Waals surface area contributed by atoms with Crippen LogP contribution in [0.3, 0.4) is 0 Å². The molecule has 0 aliphatic rings. The lowest BCUT2D eigenvalue weighted by Gasteiger charge is -2.20. The molecule has 1 rings (SSSR count). The van der Waals surface area contributed by atoms with Gasteiger partial charge in [0.25, 0.3) is 0 Å². The van der Waals surface area contributed by atoms with Gasteiger partial charge in [0.2, 0.25) is 0 Å². The summed E-state index contributed by atoms with van der Waals surface area (Å²) in [6.45, 7) is 5.25. The van der Waals surface area contributed by atoms with Crippen molar-refractivity contribution < 1.29 is 14.6 Å². The van der Waals surface area contributed by atoms with E-state index in [1.54, 1.807) is 12.1 Å². The molecule has 0 heterocycles. The van der Waals surface area contributed by atoms with Crippen molar-refractivity contribution in [2.24, 2.45) is 0 Å². The monoisotopic (exact) mass is 541 g/mol. The SMILES string of the molecule is CCCCCCCCCC=CCCCOC(CCC=CCCCCCCCCC)Nc1ccc(C(=O)O)cc1. The van der Waals surface area contributed by atoms with Gasteiger partial charge < -0.3 is 15.2 Å². The maximum atomic E-state index is 11.2. The maximum absolute atomic E-state index is 11.2. The molecule has 0 fully saturated rings. The first-order chi connectivity index (χ1) is 19.2. The molecular weight excluding hydrogens is 482 g/mol. The van der Waals surface area contributed by atoms with Gasteiger partial charge in [-0.2, -0.15) is 0 Å². The van der Waals surface area contributed by atoms with Crippen LogP contribution in [0.25, 0.3) is 0 Å². The number of ether oxygens (including phenoxy) is 1. The number of rotatable bonds is 27. The summed E-state index contributed by atoms with van der Waals surface area (Å²) in [6, 6.07) is 6.92. The third-order valence-electron chi connectivity index (χ3n) is 7.17. The molecule has 0 spiro atoms. The van der Waals surface area contributed by atoms with Crippen LogP contribution in [-0.2, 0) is 4.74 Å². The standard InChI is InChI=1S/C35H59NO3/c1-3-5-7-9-11-13-15-17-19-21-23-25-31-39-34(36-33-29-27-32(28-30-33)35(37)38)26-24-22-20-18-16-14-12-10-8-6-4-2/h19-22,27-30,34,36H,3-18,23-26,31H2,1-2H3,(H,37,38). The molecule has 1 aromatic rings. The second-order valence-electron chi connectivity index (χ2n) is 10.9. The Morgan fingerprint density at radius 2 is 1.15 bits per heavy atom. The van der Waals surface area contributed by atoms with Crippen molar-refractivity contribution >= 4 is 11.7 Å². The lowest BCUT2D eigenvalue weighted by Crippen LogP contribution is -2.23. The van der Waals surface area contributed by atoms with Crippen LogP contribution in [0.5, 0.6) is 0 Å². The van der Waals surface area contributed by atoms with Crippen molar-refractivity contribution in [3.63, 3.8) is 0 Å². The van der Waals surface area contributed by atoms with Crippen LogP contribution in [0, 0.1) is 0 Å². The number of carboxylic acid groups (broad SMARTS) is 1. The molecule has 222 valence electrons. The van der Waals surface area contributed by atoms with Crippen molar-refractivity contribution in [3.05, 3.63) is 54.1 Å². The molecule has 0 saturated carbocycles. The summed E-state index contributed by atoms with van der Waals surface area (Å²) >= 11 is 0. The van der Waals surface area contributed by atoms with E-state index >= 15 is 0 Å². The number of hydrogen-bond acceptors (Lipinski definition) is 3. The van der Waals surface area contributed by atoms with Crippen molar-refractivity contribution in [3.8, 4) is 0 Å². The fourth-order valence-electron chi connectivity index (χ4n) is 4.68. The normalized spacial score (nSPS) is 12.5. The minimum Gasteiger partial charge on any atom is -0.478 e. The summed E-state index contributed by atoms with van der Waals surface area (Å²) in [5.41, 5.74) is 1.20. The number of unbranched alkanes of at least 4 members (excludes halogenated alkanes) is 15. The summed E-state index contributed by atoms with van der Waals surface area (Å²) in [5.74, 6) is -0.902. The summed E-state index contributed by atoms with van der Waals surface area (Å²) in [5, 5.41) is 12.6. The van der Waals surface area contributed by atoms with Crippen molar-refractivity contribution in [1.82, 2.24) is 0 Å². The zero-order valence-corrected chi connectivity index (χ0v) is 25.3. The molecule has 0 amide bonds. The number of carbonyl (C=O) groups is 1. The number of carboxylic acids is 1. The lowest BCUT2D eigenvalue weighted by molar-refractivity contribution is 0.0658. The summed E-state index contributed by atoms with van der Waals surface area (Å²) in [6.07, 6.45) is 34.4. The van der Waals surface area contributed by atoms with Gasteiger partial charge in [-0.15, -0.1) is 0 Å². The molecule has 0 aliphatic carbocycles. The molecule has 4 nitrogen and oxygen atoms in total. The summed E-state index contributed by atoms with van der Waals surface area (Å²) in [4.78, 5) is 11.2. The minimum absolute atomic E-state index is 0.0828. The predicted octanol–water partition coefficient (Wildman–Crippen LogP) is 11.1. The van der Waals surface area contributed by atoms with Gasteiger partial charge in [0.1, 0.15) is 6.23 Å². The number of benzene rings is 1. The number of nitrogens with one attached hydrogen (secondary N) is 1. The smallest absolute Gasteiger partial charge is 0.335 e. The largest absolute Gasteiger partial charge is 0.478 e. The molecule has 4 heteroatoms. The highest BCUT2D eigenvalue weighted by Gasteiger charge is 2.09. The Hall–Kier alpha value is -2.07. The van der Waals surface area contributed by atoms with E-state index < -0.39 is 5.97 Å². The van der Waals surface area contributed by atoms with E-state index in [4.69, 9.17) is 9.84 Å². The van der Waals surface area contributed by atoms with Gasteiger partial charge in [-0.05, 0) is 75.6 Å². The van der Waals surface area contributed by atoms with Crippen LogP contribution in [0.15, 0.2) is 48.6 Å². The van der Waals surface area contributed by atoms with Crippen LogP contribution >= 0.6 is 0 Å². The third kappa shape index (κ3) is 21.4. The molecule has 0 bridgehead atoms.